The summed E-state index contributed by atoms with van der Waals surface area (Å²) in [6.07, 6.45) is 1.85. The van der Waals surface area contributed by atoms with E-state index in [4.69, 9.17) is 4.98 Å². The molecular weight excluding hydrogens is 510 g/mol. The van der Waals surface area contributed by atoms with Crippen LogP contribution >= 0.6 is 0 Å². The van der Waals surface area contributed by atoms with Gasteiger partial charge in [0.15, 0.2) is 0 Å². The Hall–Kier alpha value is -5.67. The zero-order valence-electron chi connectivity index (χ0n) is 22.9. The molecule has 3 heteroatoms. The SMILES string of the molecule is c1ccc(N(c2ccc(-c3cccc(-n4c5ccccc5c5ccccc54)c3)cc2)c2cccc3ccccc23)nc1. The first-order chi connectivity index (χ1) is 20.8. The van der Waals surface area contributed by atoms with Crippen molar-refractivity contribution in [2.24, 2.45) is 0 Å². The van der Waals surface area contributed by atoms with Gasteiger partial charge in [-0.2, -0.15) is 0 Å². The number of nitrogens with zero attached hydrogens (tertiary/aromatic N) is 3. The van der Waals surface area contributed by atoms with Crippen LogP contribution in [0.4, 0.5) is 17.2 Å². The van der Waals surface area contributed by atoms with Crippen molar-refractivity contribution in [3.8, 4) is 16.8 Å². The molecule has 3 nitrogen and oxygen atoms in total. The summed E-state index contributed by atoms with van der Waals surface area (Å²) in [7, 11) is 0. The molecule has 2 heterocycles. The van der Waals surface area contributed by atoms with Crippen LogP contribution in [0.1, 0.15) is 0 Å². The van der Waals surface area contributed by atoms with E-state index in [1.54, 1.807) is 0 Å². The Labute approximate surface area is 244 Å². The van der Waals surface area contributed by atoms with Crippen molar-refractivity contribution in [2.75, 3.05) is 4.90 Å². The first-order valence-corrected chi connectivity index (χ1v) is 14.2. The lowest BCUT2D eigenvalue weighted by Gasteiger charge is -2.26. The molecule has 0 atom stereocenters. The highest BCUT2D eigenvalue weighted by molar-refractivity contribution is 6.09. The van der Waals surface area contributed by atoms with Gasteiger partial charge in [0.2, 0.25) is 0 Å². The first-order valence-electron chi connectivity index (χ1n) is 14.2. The van der Waals surface area contributed by atoms with E-state index in [1.807, 2.05) is 18.3 Å². The molecule has 2 aromatic heterocycles. The molecule has 0 bridgehead atoms. The standard InChI is InChI=1S/C39H27N3/c1-2-15-33-29(11-1)12-10-20-36(33)42(39-21-7-8-26-40-39)31-24-22-28(23-25-31)30-13-9-14-32(27-30)41-37-18-5-3-16-34(37)35-17-4-6-19-38(35)41/h1-27H. The lowest BCUT2D eigenvalue weighted by Crippen LogP contribution is -2.11. The molecule has 8 rings (SSSR count). The molecule has 8 aromatic rings. The molecule has 0 aliphatic carbocycles. The normalized spacial score (nSPS) is 11.3. The van der Waals surface area contributed by atoms with Crippen molar-refractivity contribution in [3.05, 3.63) is 164 Å². The molecule has 0 N–H and O–H groups in total. The van der Waals surface area contributed by atoms with E-state index in [9.17, 15) is 0 Å². The van der Waals surface area contributed by atoms with Crippen LogP contribution in [0.2, 0.25) is 0 Å². The van der Waals surface area contributed by atoms with Crippen molar-refractivity contribution < 1.29 is 0 Å². The molecule has 0 saturated heterocycles. The van der Waals surface area contributed by atoms with Gasteiger partial charge in [0.05, 0.1) is 16.7 Å². The second kappa shape index (κ2) is 10.1. The van der Waals surface area contributed by atoms with Crippen LogP contribution in [-0.2, 0) is 0 Å². The van der Waals surface area contributed by atoms with E-state index >= 15 is 0 Å². The number of hydrogen-bond acceptors (Lipinski definition) is 2. The topological polar surface area (TPSA) is 21.1 Å². The summed E-state index contributed by atoms with van der Waals surface area (Å²) in [4.78, 5) is 6.97. The Morgan fingerprint density at radius 1 is 0.476 bits per heavy atom. The zero-order chi connectivity index (χ0) is 27.9. The quantitative estimate of drug-likeness (QED) is 0.218. The number of fused-ring (bicyclic) bond motifs is 4. The molecule has 0 aliphatic heterocycles. The third-order valence-corrected chi connectivity index (χ3v) is 8.03. The number of pyridine rings is 1. The molecule has 0 unspecified atom stereocenters. The fraction of sp³-hybridized carbons (Fsp3) is 0. The monoisotopic (exact) mass is 537 g/mol. The Morgan fingerprint density at radius 3 is 1.86 bits per heavy atom. The minimum atomic E-state index is 0.884. The van der Waals surface area contributed by atoms with Gasteiger partial charge in [-0.3, -0.25) is 4.90 Å². The number of rotatable bonds is 5. The third-order valence-electron chi connectivity index (χ3n) is 8.03. The Kier molecular flexibility index (Phi) is 5.79. The molecule has 0 amide bonds. The minimum absolute atomic E-state index is 0.884. The summed E-state index contributed by atoms with van der Waals surface area (Å²) < 4.78 is 2.37. The van der Waals surface area contributed by atoms with Crippen LogP contribution in [0, 0.1) is 0 Å². The van der Waals surface area contributed by atoms with Crippen LogP contribution < -0.4 is 4.90 Å². The highest BCUT2D eigenvalue weighted by Gasteiger charge is 2.17. The van der Waals surface area contributed by atoms with Gasteiger partial charge in [-0.25, -0.2) is 4.98 Å². The fourth-order valence-electron chi connectivity index (χ4n) is 6.11. The van der Waals surface area contributed by atoms with Crippen molar-refractivity contribution in [3.63, 3.8) is 0 Å². The van der Waals surface area contributed by atoms with Gasteiger partial charge in [-0.05, 0) is 71.1 Å². The van der Waals surface area contributed by atoms with E-state index in [-0.39, 0.29) is 0 Å². The molecule has 0 saturated carbocycles. The highest BCUT2D eigenvalue weighted by atomic mass is 15.2. The van der Waals surface area contributed by atoms with Crippen molar-refractivity contribution in [1.29, 1.82) is 0 Å². The lowest BCUT2D eigenvalue weighted by atomic mass is 10.0. The molecule has 198 valence electrons. The number of anilines is 3. The van der Waals surface area contributed by atoms with Crippen LogP contribution in [0.5, 0.6) is 0 Å². The smallest absolute Gasteiger partial charge is 0.137 e. The Morgan fingerprint density at radius 2 is 1.12 bits per heavy atom. The van der Waals surface area contributed by atoms with Crippen LogP contribution in [0.25, 0.3) is 49.4 Å². The number of hydrogen-bond donors (Lipinski definition) is 0. The van der Waals surface area contributed by atoms with Gasteiger partial charge < -0.3 is 4.57 Å². The Balaban J connectivity index is 1.22. The zero-order valence-corrected chi connectivity index (χ0v) is 22.9. The molecule has 0 fully saturated rings. The third kappa shape index (κ3) is 4.03. The molecule has 0 aliphatic rings. The highest BCUT2D eigenvalue weighted by Crippen LogP contribution is 2.39. The number of aromatic nitrogens is 2. The predicted molar refractivity (Wildman–Crippen MR) is 176 cm³/mol. The van der Waals surface area contributed by atoms with E-state index in [0.29, 0.717) is 0 Å². The van der Waals surface area contributed by atoms with Crippen LogP contribution in [0.3, 0.4) is 0 Å². The van der Waals surface area contributed by atoms with E-state index in [2.05, 4.69) is 155 Å². The maximum absolute atomic E-state index is 4.73. The summed E-state index contributed by atoms with van der Waals surface area (Å²) in [6.45, 7) is 0. The van der Waals surface area contributed by atoms with Gasteiger partial charge in [0, 0.05) is 33.7 Å². The molecule has 42 heavy (non-hydrogen) atoms. The Bertz CT molecular complexity index is 2140. The van der Waals surface area contributed by atoms with Crippen molar-refractivity contribution >= 4 is 49.8 Å². The second-order valence-corrected chi connectivity index (χ2v) is 10.5. The maximum atomic E-state index is 4.73. The van der Waals surface area contributed by atoms with Gasteiger partial charge in [-0.15, -0.1) is 0 Å². The second-order valence-electron chi connectivity index (χ2n) is 10.5. The first kappa shape index (κ1) is 24.2. The van der Waals surface area contributed by atoms with E-state index < -0.39 is 0 Å². The largest absolute Gasteiger partial charge is 0.309 e. The van der Waals surface area contributed by atoms with Crippen molar-refractivity contribution in [2.45, 2.75) is 0 Å². The van der Waals surface area contributed by atoms with Gasteiger partial charge in [0.1, 0.15) is 5.82 Å². The minimum Gasteiger partial charge on any atom is -0.309 e. The molecular formula is C39H27N3. The van der Waals surface area contributed by atoms with E-state index in [0.717, 1.165) is 22.9 Å². The summed E-state index contributed by atoms with van der Waals surface area (Å²) in [6, 6.07) is 55.9. The van der Waals surface area contributed by atoms with Crippen molar-refractivity contribution in [1.82, 2.24) is 9.55 Å². The average molecular weight is 538 g/mol. The fourth-order valence-corrected chi connectivity index (χ4v) is 6.11. The maximum Gasteiger partial charge on any atom is 0.137 e. The lowest BCUT2D eigenvalue weighted by molar-refractivity contribution is 1.18. The van der Waals surface area contributed by atoms with Crippen LogP contribution in [-0.4, -0.2) is 9.55 Å². The predicted octanol–water partition coefficient (Wildman–Crippen LogP) is 10.5. The molecule has 6 aromatic carbocycles. The number of para-hydroxylation sites is 2. The molecule has 0 spiro atoms. The average Bonchev–Trinajstić information content (AvgIpc) is 3.40. The van der Waals surface area contributed by atoms with Crippen LogP contribution in [0.15, 0.2) is 164 Å². The summed E-state index contributed by atoms with van der Waals surface area (Å²) >= 11 is 0. The van der Waals surface area contributed by atoms with E-state index in [1.165, 1.54) is 43.7 Å². The van der Waals surface area contributed by atoms with Gasteiger partial charge >= 0.3 is 0 Å². The summed E-state index contributed by atoms with van der Waals surface area (Å²) in [5.41, 5.74) is 8.09. The molecule has 0 radical (unpaired) electrons. The summed E-state index contributed by atoms with van der Waals surface area (Å²) in [5, 5.41) is 4.93. The summed E-state index contributed by atoms with van der Waals surface area (Å²) in [5.74, 6) is 0.884. The van der Waals surface area contributed by atoms with Gasteiger partial charge in [0.25, 0.3) is 0 Å². The number of benzene rings is 6. The van der Waals surface area contributed by atoms with Gasteiger partial charge in [-0.1, -0.05) is 103 Å².